The highest BCUT2D eigenvalue weighted by Gasteiger charge is 2.32. The molecule has 0 saturated heterocycles. The molecule has 1 aromatic heterocycles. The Morgan fingerprint density at radius 1 is 1.16 bits per heavy atom. The van der Waals surface area contributed by atoms with Gasteiger partial charge in [0.25, 0.3) is 5.56 Å². The monoisotopic (exact) mass is 471 g/mol. The molecule has 0 spiro atoms. The molecule has 0 unspecified atom stereocenters. The molecular weight excluding hydrogens is 458 g/mol. The summed E-state index contributed by atoms with van der Waals surface area (Å²) in [4.78, 5) is 30.7. The van der Waals surface area contributed by atoms with Crippen molar-refractivity contribution >= 4 is 28.9 Å². The normalized spacial score (nSPS) is 12.3. The molecule has 3 rings (SSSR count). The maximum atomic E-state index is 13.2. The van der Waals surface area contributed by atoms with E-state index in [0.717, 1.165) is 10.6 Å². The Bertz CT molecular complexity index is 1300. The van der Waals surface area contributed by atoms with E-state index in [-0.39, 0.29) is 32.6 Å². The predicted molar refractivity (Wildman–Crippen MR) is 112 cm³/mol. The minimum Gasteiger partial charge on any atom is -0.493 e. The van der Waals surface area contributed by atoms with Crippen LogP contribution in [0.2, 0.25) is 10.0 Å². The van der Waals surface area contributed by atoms with Crippen LogP contribution in [-0.2, 0) is 12.7 Å². The first-order valence-electron chi connectivity index (χ1n) is 8.71. The molecule has 0 amide bonds. The number of benzene rings is 2. The minimum atomic E-state index is -4.57. The smallest absolute Gasteiger partial charge is 0.416 e. The number of aromatic nitrogens is 2. The summed E-state index contributed by atoms with van der Waals surface area (Å²) < 4.78 is 40.3. The average Bonchev–Trinajstić information content (AvgIpc) is 2.68. The summed E-state index contributed by atoms with van der Waals surface area (Å²) in [5.41, 5.74) is -3.38. The van der Waals surface area contributed by atoms with Crippen molar-refractivity contribution in [1.82, 2.24) is 9.55 Å². The van der Waals surface area contributed by atoms with E-state index in [1.165, 1.54) is 43.3 Å². The predicted octanol–water partition coefficient (Wildman–Crippen LogP) is 4.57. The van der Waals surface area contributed by atoms with Gasteiger partial charge in [-0.25, -0.2) is 9.36 Å². The molecular formula is C20H14Cl2F3N3O3. The molecule has 6 nitrogen and oxygen atoms in total. The van der Waals surface area contributed by atoms with E-state index < -0.39 is 35.4 Å². The lowest BCUT2D eigenvalue weighted by Gasteiger charge is -2.14. The van der Waals surface area contributed by atoms with Crippen molar-refractivity contribution < 1.29 is 18.3 Å². The van der Waals surface area contributed by atoms with Crippen LogP contribution in [0.5, 0.6) is 5.88 Å². The van der Waals surface area contributed by atoms with Crippen LogP contribution in [0.25, 0.3) is 5.69 Å². The number of alkyl halides is 3. The van der Waals surface area contributed by atoms with Crippen molar-refractivity contribution in [3.05, 3.63) is 90.0 Å². The Hall–Kier alpha value is -3.04. The number of hydrogen-bond donors (Lipinski definition) is 2. The molecule has 0 aliphatic rings. The van der Waals surface area contributed by atoms with Gasteiger partial charge in [-0.1, -0.05) is 41.4 Å². The Balaban J connectivity index is 2.11. The molecule has 0 radical (unpaired) electrons. The number of halogens is 5. The van der Waals surface area contributed by atoms with Crippen molar-refractivity contribution in [1.29, 1.82) is 0 Å². The van der Waals surface area contributed by atoms with Crippen LogP contribution >= 0.6 is 23.2 Å². The van der Waals surface area contributed by atoms with E-state index in [1.54, 1.807) is 0 Å². The molecule has 162 valence electrons. The third-order valence-corrected chi connectivity index (χ3v) is 4.96. The van der Waals surface area contributed by atoms with E-state index in [2.05, 4.69) is 4.99 Å². The number of aromatic hydroxyl groups is 1. The van der Waals surface area contributed by atoms with Crippen LogP contribution in [0.3, 0.4) is 0 Å². The first-order valence-corrected chi connectivity index (χ1v) is 9.46. The fraction of sp³-hybridized carbons (Fsp3) is 0.150. The molecule has 0 saturated carbocycles. The van der Waals surface area contributed by atoms with Crippen LogP contribution < -0.4 is 11.2 Å². The van der Waals surface area contributed by atoms with Crippen molar-refractivity contribution in [2.45, 2.75) is 19.6 Å². The van der Waals surface area contributed by atoms with Crippen LogP contribution in [0, 0.1) is 0 Å². The third kappa shape index (κ3) is 4.67. The lowest BCUT2D eigenvalue weighted by atomic mass is 10.1. The highest BCUT2D eigenvalue weighted by Crippen LogP contribution is 2.32. The molecule has 0 aliphatic carbocycles. The second-order valence-electron chi connectivity index (χ2n) is 6.45. The van der Waals surface area contributed by atoms with E-state index in [0.29, 0.717) is 0 Å². The summed E-state index contributed by atoms with van der Waals surface area (Å²) >= 11 is 12.0. The van der Waals surface area contributed by atoms with E-state index in [9.17, 15) is 27.9 Å². The number of hydrogen-bond acceptors (Lipinski definition) is 4. The summed E-state index contributed by atoms with van der Waals surface area (Å²) in [5.74, 6) is -0.775. The van der Waals surface area contributed by atoms with Gasteiger partial charge in [0.2, 0.25) is 5.88 Å². The van der Waals surface area contributed by atoms with Crippen molar-refractivity contribution in [2.75, 3.05) is 0 Å². The molecule has 0 aliphatic heterocycles. The first-order chi connectivity index (χ1) is 14.5. The van der Waals surface area contributed by atoms with Crippen LogP contribution in [-0.4, -0.2) is 20.4 Å². The summed E-state index contributed by atoms with van der Waals surface area (Å²) in [5, 5.41) is 10.9. The van der Waals surface area contributed by atoms with Crippen LogP contribution in [0.1, 0.15) is 23.6 Å². The maximum absolute atomic E-state index is 13.2. The maximum Gasteiger partial charge on any atom is 0.416 e. The van der Waals surface area contributed by atoms with Gasteiger partial charge in [-0.3, -0.25) is 14.8 Å². The summed E-state index contributed by atoms with van der Waals surface area (Å²) in [7, 11) is 0. The molecule has 0 bridgehead atoms. The topological polar surface area (TPSA) is 87.4 Å². The lowest BCUT2D eigenvalue weighted by molar-refractivity contribution is -0.138. The zero-order valence-corrected chi connectivity index (χ0v) is 17.3. The minimum absolute atomic E-state index is 0.00406. The van der Waals surface area contributed by atoms with Gasteiger partial charge in [0.05, 0.1) is 28.5 Å². The Morgan fingerprint density at radius 3 is 2.52 bits per heavy atom. The Labute approximate surface area is 183 Å². The number of rotatable bonds is 4. The van der Waals surface area contributed by atoms with Gasteiger partial charge < -0.3 is 5.11 Å². The quantitative estimate of drug-likeness (QED) is 0.546. The zero-order chi connectivity index (χ0) is 22.9. The summed E-state index contributed by atoms with van der Waals surface area (Å²) in [6.07, 6.45) is -4.57. The fourth-order valence-corrected chi connectivity index (χ4v) is 3.32. The fourth-order valence-electron chi connectivity index (χ4n) is 2.95. The number of aromatic amines is 1. The Morgan fingerprint density at radius 2 is 1.84 bits per heavy atom. The van der Waals surface area contributed by atoms with Crippen LogP contribution in [0.4, 0.5) is 13.2 Å². The third-order valence-electron chi connectivity index (χ3n) is 4.41. The SMILES string of the molecule is CC(=NCc1ccccc1C(F)(F)F)c1c(O)n(-c2cc(Cl)ccc2Cl)c(=O)[nH]c1=O. The molecule has 0 fully saturated rings. The molecule has 0 atom stereocenters. The second kappa shape index (κ2) is 8.60. The highest BCUT2D eigenvalue weighted by molar-refractivity contribution is 6.34. The zero-order valence-electron chi connectivity index (χ0n) is 15.8. The molecule has 2 N–H and O–H groups in total. The largest absolute Gasteiger partial charge is 0.493 e. The number of aliphatic imine (C=N–C) groups is 1. The molecule has 1 heterocycles. The number of nitrogens with zero attached hydrogens (tertiary/aromatic N) is 2. The Kier molecular flexibility index (Phi) is 6.28. The van der Waals surface area contributed by atoms with Gasteiger partial charge in [0, 0.05) is 5.02 Å². The van der Waals surface area contributed by atoms with Crippen molar-refractivity contribution in [3.63, 3.8) is 0 Å². The van der Waals surface area contributed by atoms with Crippen molar-refractivity contribution in [3.8, 4) is 11.6 Å². The first kappa shape index (κ1) is 22.6. The van der Waals surface area contributed by atoms with E-state index >= 15 is 0 Å². The number of nitrogens with one attached hydrogen (secondary N) is 1. The second-order valence-corrected chi connectivity index (χ2v) is 7.29. The van der Waals surface area contributed by atoms with E-state index in [4.69, 9.17) is 23.2 Å². The van der Waals surface area contributed by atoms with Gasteiger partial charge in [-0.05, 0) is 36.8 Å². The number of H-pyrrole nitrogens is 1. The molecule has 31 heavy (non-hydrogen) atoms. The van der Waals surface area contributed by atoms with Crippen molar-refractivity contribution in [2.24, 2.45) is 4.99 Å². The average molecular weight is 472 g/mol. The van der Waals surface area contributed by atoms with Gasteiger partial charge in [0.15, 0.2) is 0 Å². The lowest BCUT2D eigenvalue weighted by Crippen LogP contribution is -2.33. The van der Waals surface area contributed by atoms with Crippen LogP contribution in [0.15, 0.2) is 57.0 Å². The van der Waals surface area contributed by atoms with Gasteiger partial charge in [-0.2, -0.15) is 13.2 Å². The molecule has 11 heteroatoms. The van der Waals surface area contributed by atoms with Gasteiger partial charge in [-0.15, -0.1) is 0 Å². The summed E-state index contributed by atoms with van der Waals surface area (Å²) in [6, 6.07) is 9.03. The molecule has 3 aromatic rings. The summed E-state index contributed by atoms with van der Waals surface area (Å²) in [6.45, 7) is 0.923. The van der Waals surface area contributed by atoms with E-state index in [1.807, 2.05) is 4.98 Å². The molecule has 2 aromatic carbocycles. The van der Waals surface area contributed by atoms with Gasteiger partial charge in [0.1, 0.15) is 5.56 Å². The van der Waals surface area contributed by atoms with Gasteiger partial charge >= 0.3 is 11.9 Å². The highest BCUT2D eigenvalue weighted by atomic mass is 35.5. The standard InChI is InChI=1S/C20H14Cl2F3N3O3/c1-10(26-9-11-4-2-3-5-13(11)20(23,24)25)16-17(29)27-19(31)28(18(16)30)15-8-12(21)6-7-14(15)22/h2-8,30H,9H2,1H3,(H,27,29,31).